The molecule has 0 spiro atoms. The lowest BCUT2D eigenvalue weighted by Crippen LogP contribution is -2.14. The summed E-state index contributed by atoms with van der Waals surface area (Å²) in [6.45, 7) is 0. The average molecular weight is 355 g/mol. The number of nitrogens with zero attached hydrogens (tertiary/aromatic N) is 5. The van der Waals surface area contributed by atoms with Crippen molar-refractivity contribution < 1.29 is 8.91 Å². The third kappa shape index (κ3) is 3.76. The Labute approximate surface area is 149 Å². The number of hydrogen-bond donors (Lipinski definition) is 2. The van der Waals surface area contributed by atoms with E-state index >= 15 is 0 Å². The Morgan fingerprint density at radius 2 is 1.96 bits per heavy atom. The molecule has 26 heavy (non-hydrogen) atoms. The van der Waals surface area contributed by atoms with Crippen LogP contribution in [-0.2, 0) is 6.42 Å². The number of nitrogen functional groups attached to an aromatic ring is 1. The van der Waals surface area contributed by atoms with E-state index in [0.717, 1.165) is 18.4 Å². The third-order valence-corrected chi connectivity index (χ3v) is 4.26. The molecule has 0 saturated heterocycles. The van der Waals surface area contributed by atoms with E-state index in [-0.39, 0.29) is 23.4 Å². The van der Waals surface area contributed by atoms with Gasteiger partial charge in [0.15, 0.2) is 0 Å². The molecule has 2 heterocycles. The SMILES string of the molecule is Nc1nc(Cc2cccc(F)c2)nc(-c2noc(NC3CCCC3)n2)n1. The summed E-state index contributed by atoms with van der Waals surface area (Å²) in [6.07, 6.45) is 4.91. The quantitative estimate of drug-likeness (QED) is 0.717. The molecule has 9 heteroatoms. The Balaban J connectivity index is 1.55. The van der Waals surface area contributed by atoms with Gasteiger partial charge in [0.2, 0.25) is 17.6 Å². The number of nitrogens with two attached hydrogens (primary N) is 1. The van der Waals surface area contributed by atoms with Gasteiger partial charge in [-0.15, -0.1) is 0 Å². The van der Waals surface area contributed by atoms with E-state index in [2.05, 4.69) is 30.4 Å². The molecule has 2 aromatic heterocycles. The summed E-state index contributed by atoms with van der Waals surface area (Å²) in [5, 5.41) is 7.14. The van der Waals surface area contributed by atoms with Gasteiger partial charge in [-0.25, -0.2) is 9.37 Å². The van der Waals surface area contributed by atoms with Crippen molar-refractivity contribution in [3.8, 4) is 11.6 Å². The van der Waals surface area contributed by atoms with Gasteiger partial charge in [0.25, 0.3) is 0 Å². The third-order valence-electron chi connectivity index (χ3n) is 4.26. The smallest absolute Gasteiger partial charge is 0.322 e. The predicted octanol–water partition coefficient (Wildman–Crippen LogP) is 2.59. The van der Waals surface area contributed by atoms with E-state index in [9.17, 15) is 4.39 Å². The van der Waals surface area contributed by atoms with E-state index < -0.39 is 0 Å². The van der Waals surface area contributed by atoms with Crippen LogP contribution in [0.25, 0.3) is 11.6 Å². The normalized spacial score (nSPS) is 14.7. The molecule has 4 rings (SSSR count). The van der Waals surface area contributed by atoms with Crippen LogP contribution in [0.4, 0.5) is 16.4 Å². The van der Waals surface area contributed by atoms with E-state index in [0.29, 0.717) is 24.3 Å². The van der Waals surface area contributed by atoms with Crippen molar-refractivity contribution in [3.63, 3.8) is 0 Å². The molecule has 3 N–H and O–H groups in total. The van der Waals surface area contributed by atoms with Crippen LogP contribution < -0.4 is 11.1 Å². The first-order valence-electron chi connectivity index (χ1n) is 8.51. The Hall–Kier alpha value is -3.10. The van der Waals surface area contributed by atoms with Crippen LogP contribution in [0.3, 0.4) is 0 Å². The van der Waals surface area contributed by atoms with Crippen molar-refractivity contribution in [2.75, 3.05) is 11.1 Å². The van der Waals surface area contributed by atoms with Crippen molar-refractivity contribution in [2.24, 2.45) is 0 Å². The molecule has 1 aliphatic carbocycles. The minimum atomic E-state index is -0.314. The summed E-state index contributed by atoms with van der Waals surface area (Å²) >= 11 is 0. The van der Waals surface area contributed by atoms with Crippen LogP contribution in [0.5, 0.6) is 0 Å². The van der Waals surface area contributed by atoms with Crippen LogP contribution in [0, 0.1) is 5.82 Å². The van der Waals surface area contributed by atoms with Gasteiger partial charge in [0, 0.05) is 12.5 Å². The lowest BCUT2D eigenvalue weighted by molar-refractivity contribution is 0.427. The highest BCUT2D eigenvalue weighted by Crippen LogP contribution is 2.22. The summed E-state index contributed by atoms with van der Waals surface area (Å²) in [5.74, 6) is 0.613. The molecule has 1 fully saturated rings. The van der Waals surface area contributed by atoms with Gasteiger partial charge in [-0.2, -0.15) is 15.0 Å². The molecule has 0 radical (unpaired) electrons. The summed E-state index contributed by atoms with van der Waals surface area (Å²) < 4.78 is 18.6. The van der Waals surface area contributed by atoms with Crippen molar-refractivity contribution >= 4 is 12.0 Å². The molecule has 1 saturated carbocycles. The minimum Gasteiger partial charge on any atom is -0.368 e. The highest BCUT2D eigenvalue weighted by atomic mass is 19.1. The number of aromatic nitrogens is 5. The van der Waals surface area contributed by atoms with Crippen LogP contribution >= 0.6 is 0 Å². The van der Waals surface area contributed by atoms with Crippen molar-refractivity contribution in [3.05, 3.63) is 41.5 Å². The Morgan fingerprint density at radius 1 is 1.12 bits per heavy atom. The fourth-order valence-electron chi connectivity index (χ4n) is 3.06. The zero-order valence-corrected chi connectivity index (χ0v) is 14.0. The van der Waals surface area contributed by atoms with Gasteiger partial charge in [-0.1, -0.05) is 30.1 Å². The van der Waals surface area contributed by atoms with Crippen LogP contribution in [-0.4, -0.2) is 31.1 Å². The second kappa shape index (κ2) is 7.03. The van der Waals surface area contributed by atoms with Crippen LogP contribution in [0.1, 0.15) is 37.1 Å². The first kappa shape index (κ1) is 16.4. The summed E-state index contributed by atoms with van der Waals surface area (Å²) in [5.41, 5.74) is 6.52. The van der Waals surface area contributed by atoms with Crippen LogP contribution in [0.2, 0.25) is 0 Å². The second-order valence-electron chi connectivity index (χ2n) is 6.29. The summed E-state index contributed by atoms with van der Waals surface area (Å²) in [6, 6.07) is 6.94. The fraction of sp³-hybridized carbons (Fsp3) is 0.353. The first-order chi connectivity index (χ1) is 12.7. The maximum atomic E-state index is 13.3. The van der Waals surface area contributed by atoms with Crippen molar-refractivity contribution in [1.29, 1.82) is 0 Å². The molecule has 1 aromatic carbocycles. The van der Waals surface area contributed by atoms with Gasteiger partial charge in [-0.3, -0.25) is 0 Å². The Morgan fingerprint density at radius 3 is 2.77 bits per heavy atom. The van der Waals surface area contributed by atoms with E-state index in [4.69, 9.17) is 10.3 Å². The predicted molar refractivity (Wildman–Crippen MR) is 92.6 cm³/mol. The largest absolute Gasteiger partial charge is 0.368 e. The zero-order valence-electron chi connectivity index (χ0n) is 14.0. The highest BCUT2D eigenvalue weighted by molar-refractivity contribution is 5.46. The number of rotatable bonds is 5. The first-order valence-corrected chi connectivity index (χ1v) is 8.51. The molecule has 0 amide bonds. The lowest BCUT2D eigenvalue weighted by atomic mass is 10.1. The second-order valence-corrected chi connectivity index (χ2v) is 6.29. The molecule has 0 aliphatic heterocycles. The number of halogens is 1. The minimum absolute atomic E-state index is 0.0523. The number of anilines is 2. The average Bonchev–Trinajstić information content (AvgIpc) is 3.27. The number of nitrogens with one attached hydrogen (secondary N) is 1. The molecule has 1 aliphatic rings. The zero-order chi connectivity index (χ0) is 17.9. The molecule has 0 bridgehead atoms. The standard InChI is InChI=1S/C17H18FN7O/c18-11-5-3-4-10(8-11)9-13-21-14(23-16(19)22-13)15-24-17(26-25-15)20-12-6-1-2-7-12/h3-5,8,12H,1-2,6-7,9H2,(H,20,24,25)(H2,19,21,22,23). The maximum absolute atomic E-state index is 13.3. The van der Waals surface area contributed by atoms with Gasteiger partial charge in [0.05, 0.1) is 0 Å². The number of hydrogen-bond acceptors (Lipinski definition) is 8. The van der Waals surface area contributed by atoms with Crippen LogP contribution in [0.15, 0.2) is 28.8 Å². The maximum Gasteiger partial charge on any atom is 0.322 e. The highest BCUT2D eigenvalue weighted by Gasteiger charge is 2.19. The van der Waals surface area contributed by atoms with Crippen molar-refractivity contribution in [2.45, 2.75) is 38.1 Å². The lowest BCUT2D eigenvalue weighted by Gasteiger charge is -2.07. The van der Waals surface area contributed by atoms with Crippen molar-refractivity contribution in [1.82, 2.24) is 25.1 Å². The molecule has 0 atom stereocenters. The van der Waals surface area contributed by atoms with Gasteiger partial charge < -0.3 is 15.6 Å². The van der Waals surface area contributed by atoms with Gasteiger partial charge in [0.1, 0.15) is 11.6 Å². The van der Waals surface area contributed by atoms with E-state index in [1.54, 1.807) is 12.1 Å². The van der Waals surface area contributed by atoms with E-state index in [1.165, 1.54) is 25.0 Å². The van der Waals surface area contributed by atoms with E-state index in [1.807, 2.05) is 0 Å². The van der Waals surface area contributed by atoms with Gasteiger partial charge >= 0.3 is 6.01 Å². The molecular formula is C17H18FN7O. The summed E-state index contributed by atoms with van der Waals surface area (Å²) in [4.78, 5) is 16.8. The Kier molecular flexibility index (Phi) is 4.42. The molecular weight excluding hydrogens is 337 g/mol. The fourth-order valence-corrected chi connectivity index (χ4v) is 3.06. The molecule has 8 nitrogen and oxygen atoms in total. The number of benzene rings is 1. The Bertz CT molecular complexity index is 908. The molecule has 134 valence electrons. The summed E-state index contributed by atoms with van der Waals surface area (Å²) in [7, 11) is 0. The topological polar surface area (TPSA) is 116 Å². The molecule has 3 aromatic rings. The molecule has 0 unspecified atom stereocenters. The monoisotopic (exact) mass is 355 g/mol. The van der Waals surface area contributed by atoms with Gasteiger partial charge in [-0.05, 0) is 30.5 Å².